The number of halogens is 2. The number of anilines is 1. The fourth-order valence-electron chi connectivity index (χ4n) is 1.23. The summed E-state index contributed by atoms with van der Waals surface area (Å²) in [5, 5.41) is 17.3. The maximum Gasteiger partial charge on any atom is 0.307 e. The molecule has 0 aliphatic carbocycles. The third-order valence-corrected chi connectivity index (χ3v) is 1.92. The number of carboxylic acid groups (broad SMARTS) is 1. The van der Waals surface area contributed by atoms with E-state index in [1.165, 1.54) is 0 Å². The van der Waals surface area contributed by atoms with Crippen molar-refractivity contribution in [3.63, 3.8) is 0 Å². The molecule has 0 unspecified atom stereocenters. The summed E-state index contributed by atoms with van der Waals surface area (Å²) in [7, 11) is 0. The van der Waals surface area contributed by atoms with Gasteiger partial charge in [0.05, 0.1) is 12.0 Å². The molecule has 1 aromatic rings. The summed E-state index contributed by atoms with van der Waals surface area (Å²) in [6.07, 6.45) is -2.79. The minimum absolute atomic E-state index is 0.247. The first kappa shape index (κ1) is 11.8. The number of rotatable bonds is 3. The van der Waals surface area contributed by atoms with Gasteiger partial charge in [-0.05, 0) is 5.56 Å². The first-order chi connectivity index (χ1) is 7.47. The van der Waals surface area contributed by atoms with Crippen LogP contribution in [-0.2, 0) is 11.2 Å². The molecule has 5 nitrogen and oxygen atoms in total. The van der Waals surface area contributed by atoms with Crippen molar-refractivity contribution in [3.8, 4) is 6.07 Å². The lowest BCUT2D eigenvalue weighted by Gasteiger charge is -2.09. The number of nitrogens with two attached hydrogens (primary N) is 1. The number of nitrogen functional groups attached to an aromatic ring is 1. The number of alkyl halides is 2. The van der Waals surface area contributed by atoms with Crippen molar-refractivity contribution >= 4 is 11.8 Å². The molecule has 16 heavy (non-hydrogen) atoms. The summed E-state index contributed by atoms with van der Waals surface area (Å²) in [5.74, 6) is -1.56. The number of carboxylic acids is 1. The molecule has 0 saturated carbocycles. The molecule has 1 aromatic heterocycles. The normalized spacial score (nSPS) is 10.1. The molecule has 0 fully saturated rings. The predicted molar refractivity (Wildman–Crippen MR) is 49.7 cm³/mol. The van der Waals surface area contributed by atoms with Gasteiger partial charge >= 0.3 is 5.97 Å². The number of aromatic nitrogens is 1. The van der Waals surface area contributed by atoms with E-state index in [4.69, 9.17) is 16.1 Å². The van der Waals surface area contributed by atoms with Crippen LogP contribution in [0.3, 0.4) is 0 Å². The Morgan fingerprint density at radius 3 is 2.75 bits per heavy atom. The van der Waals surface area contributed by atoms with E-state index >= 15 is 0 Å². The molecule has 7 heteroatoms. The van der Waals surface area contributed by atoms with Crippen LogP contribution in [0.25, 0.3) is 0 Å². The van der Waals surface area contributed by atoms with Gasteiger partial charge in [0.1, 0.15) is 11.9 Å². The van der Waals surface area contributed by atoms with Crippen LogP contribution in [0, 0.1) is 11.3 Å². The van der Waals surface area contributed by atoms with Crippen LogP contribution >= 0.6 is 0 Å². The van der Waals surface area contributed by atoms with Crippen LogP contribution in [0.5, 0.6) is 0 Å². The van der Waals surface area contributed by atoms with Crippen molar-refractivity contribution in [2.45, 2.75) is 12.8 Å². The van der Waals surface area contributed by atoms with Gasteiger partial charge in [-0.15, -0.1) is 0 Å². The second-order valence-electron chi connectivity index (χ2n) is 2.94. The standard InChI is InChI=1S/C9H7F2N3O2/c10-8(11)6-3-14-9(13)5(2-12)4(6)1-7(15)16/h3,8H,1H2,(H2,13,14)(H,15,16). The second kappa shape index (κ2) is 4.53. The van der Waals surface area contributed by atoms with Crippen molar-refractivity contribution in [1.29, 1.82) is 5.26 Å². The molecule has 1 heterocycles. The van der Waals surface area contributed by atoms with E-state index in [9.17, 15) is 13.6 Å². The van der Waals surface area contributed by atoms with Crippen LogP contribution in [0.15, 0.2) is 6.20 Å². The number of nitrogens with zero attached hydrogens (tertiary/aromatic N) is 2. The van der Waals surface area contributed by atoms with E-state index in [0.29, 0.717) is 0 Å². The van der Waals surface area contributed by atoms with Crippen LogP contribution < -0.4 is 5.73 Å². The van der Waals surface area contributed by atoms with Crippen molar-refractivity contribution in [3.05, 3.63) is 22.9 Å². The molecule has 0 atom stereocenters. The highest BCUT2D eigenvalue weighted by molar-refractivity contribution is 5.73. The summed E-state index contributed by atoms with van der Waals surface area (Å²) in [4.78, 5) is 13.9. The number of carbonyl (C=O) groups is 1. The molecule has 0 aliphatic heterocycles. The van der Waals surface area contributed by atoms with E-state index in [0.717, 1.165) is 6.20 Å². The first-order valence-corrected chi connectivity index (χ1v) is 4.14. The van der Waals surface area contributed by atoms with Crippen LogP contribution in [-0.4, -0.2) is 16.1 Å². The molecule has 0 radical (unpaired) electrons. The number of aliphatic carboxylic acids is 1. The first-order valence-electron chi connectivity index (χ1n) is 4.14. The molecule has 0 bridgehead atoms. The zero-order valence-corrected chi connectivity index (χ0v) is 7.94. The van der Waals surface area contributed by atoms with E-state index in [1.54, 1.807) is 6.07 Å². The highest BCUT2D eigenvalue weighted by Crippen LogP contribution is 2.27. The Morgan fingerprint density at radius 2 is 2.31 bits per heavy atom. The molecule has 0 aromatic carbocycles. The molecule has 84 valence electrons. The Bertz CT molecular complexity index is 469. The summed E-state index contributed by atoms with van der Waals surface area (Å²) >= 11 is 0. The Labute approximate surface area is 89.1 Å². The quantitative estimate of drug-likeness (QED) is 0.805. The molecular weight excluding hydrogens is 220 g/mol. The highest BCUT2D eigenvalue weighted by Gasteiger charge is 2.21. The molecule has 0 saturated heterocycles. The summed E-state index contributed by atoms with van der Waals surface area (Å²) in [6, 6.07) is 1.58. The van der Waals surface area contributed by atoms with Gasteiger partial charge in [-0.2, -0.15) is 5.26 Å². The number of pyridine rings is 1. The summed E-state index contributed by atoms with van der Waals surface area (Å²) in [5.41, 5.74) is 4.14. The van der Waals surface area contributed by atoms with Crippen LogP contribution in [0.4, 0.5) is 14.6 Å². The van der Waals surface area contributed by atoms with Gasteiger partial charge in [0.25, 0.3) is 6.43 Å². The Kier molecular flexibility index (Phi) is 3.35. The van der Waals surface area contributed by atoms with Crippen molar-refractivity contribution in [1.82, 2.24) is 4.98 Å². The number of nitriles is 1. The van der Waals surface area contributed by atoms with Gasteiger partial charge < -0.3 is 10.8 Å². The molecule has 3 N–H and O–H groups in total. The maximum atomic E-state index is 12.5. The largest absolute Gasteiger partial charge is 0.481 e. The van der Waals surface area contributed by atoms with Gasteiger partial charge in [-0.1, -0.05) is 0 Å². The Morgan fingerprint density at radius 1 is 1.69 bits per heavy atom. The Balaban J connectivity index is 3.42. The van der Waals surface area contributed by atoms with E-state index < -0.39 is 24.4 Å². The summed E-state index contributed by atoms with van der Waals surface area (Å²) < 4.78 is 25.1. The monoisotopic (exact) mass is 227 g/mol. The lowest BCUT2D eigenvalue weighted by molar-refractivity contribution is -0.136. The van der Waals surface area contributed by atoms with E-state index in [1.807, 2.05) is 0 Å². The zero-order chi connectivity index (χ0) is 12.3. The zero-order valence-electron chi connectivity index (χ0n) is 7.94. The second-order valence-corrected chi connectivity index (χ2v) is 2.94. The number of hydrogen-bond donors (Lipinski definition) is 2. The number of hydrogen-bond acceptors (Lipinski definition) is 4. The van der Waals surface area contributed by atoms with Gasteiger partial charge in [0.2, 0.25) is 0 Å². The smallest absolute Gasteiger partial charge is 0.307 e. The lowest BCUT2D eigenvalue weighted by atomic mass is 10.0. The van der Waals surface area contributed by atoms with Crippen LogP contribution in [0.2, 0.25) is 0 Å². The van der Waals surface area contributed by atoms with Gasteiger partial charge in [-0.3, -0.25) is 4.79 Å². The molecule has 0 amide bonds. The predicted octanol–water partition coefficient (Wildman–Crippen LogP) is 1.10. The highest BCUT2D eigenvalue weighted by atomic mass is 19.3. The van der Waals surface area contributed by atoms with Crippen LogP contribution in [0.1, 0.15) is 23.1 Å². The topological polar surface area (TPSA) is 100 Å². The summed E-state index contributed by atoms with van der Waals surface area (Å²) in [6.45, 7) is 0. The average Bonchev–Trinajstić information content (AvgIpc) is 2.16. The van der Waals surface area contributed by atoms with E-state index in [-0.39, 0.29) is 16.9 Å². The molecule has 0 aliphatic rings. The maximum absolute atomic E-state index is 12.5. The minimum atomic E-state index is -2.89. The average molecular weight is 227 g/mol. The molecular formula is C9H7F2N3O2. The third kappa shape index (κ3) is 2.23. The SMILES string of the molecule is N#Cc1c(N)ncc(C(F)F)c1CC(=O)O. The van der Waals surface area contributed by atoms with Crippen molar-refractivity contribution < 1.29 is 18.7 Å². The van der Waals surface area contributed by atoms with Crippen molar-refractivity contribution in [2.75, 3.05) is 5.73 Å². The Hall–Kier alpha value is -2.23. The van der Waals surface area contributed by atoms with Gasteiger partial charge in [0.15, 0.2) is 0 Å². The van der Waals surface area contributed by atoms with Gasteiger partial charge in [0, 0.05) is 11.8 Å². The molecule has 1 rings (SSSR count). The lowest BCUT2D eigenvalue weighted by Crippen LogP contribution is -2.10. The van der Waals surface area contributed by atoms with E-state index in [2.05, 4.69) is 4.98 Å². The van der Waals surface area contributed by atoms with Gasteiger partial charge in [-0.25, -0.2) is 13.8 Å². The minimum Gasteiger partial charge on any atom is -0.481 e. The van der Waals surface area contributed by atoms with Crippen molar-refractivity contribution in [2.24, 2.45) is 0 Å². The fraction of sp³-hybridized carbons (Fsp3) is 0.222. The molecule has 0 spiro atoms. The fourth-order valence-corrected chi connectivity index (χ4v) is 1.23. The third-order valence-electron chi connectivity index (χ3n) is 1.92.